The molecular formula is CH3LiO2. The molecule has 20 valence electrons. The summed E-state index contributed by atoms with van der Waals surface area (Å²) in [4.78, 5) is 8.36. The van der Waals surface area contributed by atoms with Crippen molar-refractivity contribution in [3.05, 3.63) is 0 Å². The van der Waals surface area contributed by atoms with E-state index in [1.165, 1.54) is 0 Å². The van der Waals surface area contributed by atoms with E-state index in [0.29, 0.717) is 0 Å². The van der Waals surface area contributed by atoms with Gasteiger partial charge in [-0.25, -0.2) is 0 Å². The molecule has 0 bridgehead atoms. The van der Waals surface area contributed by atoms with Crippen LogP contribution in [-0.2, 0) is 4.79 Å². The molecule has 0 aliphatic heterocycles. The average Bonchev–Trinajstić information content (AvgIpc) is 0.918. The Morgan fingerprint density at radius 3 is 2.00 bits per heavy atom. The summed E-state index contributed by atoms with van der Waals surface area (Å²) in [6.45, 7) is -0.250. The van der Waals surface area contributed by atoms with E-state index in [1.807, 2.05) is 0 Å². The molecule has 4 heavy (non-hydrogen) atoms. The number of hydrogen-bond donors (Lipinski definition) is 1. The Hall–Kier alpha value is 0.0674. The van der Waals surface area contributed by atoms with Crippen LogP contribution in [0.1, 0.15) is 1.43 Å². The van der Waals surface area contributed by atoms with Crippen molar-refractivity contribution in [2.75, 3.05) is 0 Å². The first-order valence-corrected chi connectivity index (χ1v) is 0.494. The minimum absolute atomic E-state index is 0. The number of hydrogen-bond acceptors (Lipinski definition) is 1. The Kier molecular flexibility index (Phi) is 25.8. The Labute approximate surface area is 37.5 Å². The van der Waals surface area contributed by atoms with Crippen LogP contribution in [0.25, 0.3) is 0 Å². The van der Waals surface area contributed by atoms with Crippen molar-refractivity contribution in [3.63, 3.8) is 0 Å². The monoisotopic (exact) mass is 54.0 g/mol. The molecule has 0 amide bonds. The van der Waals surface area contributed by atoms with Gasteiger partial charge in [-0.05, 0) is 0 Å². The molecule has 0 aromatic carbocycles. The van der Waals surface area contributed by atoms with Gasteiger partial charge in [-0.15, -0.1) is 0 Å². The molecule has 0 unspecified atom stereocenters. The third-order valence-corrected chi connectivity index (χ3v) is 0. The summed E-state index contributed by atoms with van der Waals surface area (Å²) in [6.07, 6.45) is 0. The number of rotatable bonds is 0. The zero-order valence-electron chi connectivity index (χ0n) is 3.43. The van der Waals surface area contributed by atoms with E-state index >= 15 is 0 Å². The maximum absolute atomic E-state index is 8.36. The normalized spacial score (nSPS) is 3.00. The van der Waals surface area contributed by atoms with Gasteiger partial charge in [0.2, 0.25) is 0 Å². The zero-order valence-corrected chi connectivity index (χ0v) is 2.43. The van der Waals surface area contributed by atoms with E-state index in [1.54, 1.807) is 0 Å². The Morgan fingerprint density at radius 2 is 2.00 bits per heavy atom. The molecule has 0 spiro atoms. The van der Waals surface area contributed by atoms with Gasteiger partial charge in [-0.2, -0.15) is 0 Å². The molecule has 0 rings (SSSR count). The van der Waals surface area contributed by atoms with E-state index in [9.17, 15) is 0 Å². The maximum atomic E-state index is 8.36. The summed E-state index contributed by atoms with van der Waals surface area (Å²) in [5.41, 5.74) is 0. The summed E-state index contributed by atoms with van der Waals surface area (Å²) < 4.78 is 0. The van der Waals surface area contributed by atoms with Crippen molar-refractivity contribution in [3.8, 4) is 0 Å². The van der Waals surface area contributed by atoms with Crippen molar-refractivity contribution < 1.29 is 30.2 Å². The van der Waals surface area contributed by atoms with Crippen LogP contribution < -0.4 is 18.9 Å². The SMILES string of the molecule is O=CO.[H-].[Li+]. The van der Waals surface area contributed by atoms with Crippen molar-refractivity contribution in [2.24, 2.45) is 0 Å². The molecule has 0 saturated heterocycles. The van der Waals surface area contributed by atoms with E-state index < -0.39 is 0 Å². The second-order valence-electron chi connectivity index (χ2n) is 0.105. The smallest absolute Gasteiger partial charge is 1.00 e. The first-order chi connectivity index (χ1) is 1.41. The summed E-state index contributed by atoms with van der Waals surface area (Å²) in [5, 5.41) is 6.89. The minimum Gasteiger partial charge on any atom is -1.00 e. The summed E-state index contributed by atoms with van der Waals surface area (Å²) in [6, 6.07) is 0. The zero-order chi connectivity index (χ0) is 2.71. The summed E-state index contributed by atoms with van der Waals surface area (Å²) in [7, 11) is 0. The van der Waals surface area contributed by atoms with Gasteiger partial charge in [0.15, 0.2) is 0 Å². The van der Waals surface area contributed by atoms with Crippen LogP contribution in [0.3, 0.4) is 0 Å². The molecule has 0 heterocycles. The third kappa shape index (κ3) is 518. The van der Waals surface area contributed by atoms with Gasteiger partial charge < -0.3 is 6.53 Å². The fourth-order valence-corrected chi connectivity index (χ4v) is 0. The first kappa shape index (κ1) is 8.95. The quantitative estimate of drug-likeness (QED) is 0.234. The van der Waals surface area contributed by atoms with Crippen LogP contribution in [0.2, 0.25) is 0 Å². The standard InChI is InChI=1S/CH2O2.Li.H/c2-1-3;;/h1H,(H,2,3);;/q;+1;-1. The topological polar surface area (TPSA) is 37.3 Å². The molecule has 0 saturated carbocycles. The average molecular weight is 54.0 g/mol. The minimum atomic E-state index is -0.250. The molecular weight excluding hydrogens is 51.0 g/mol. The first-order valence-electron chi connectivity index (χ1n) is 0.494. The van der Waals surface area contributed by atoms with Gasteiger partial charge in [0.05, 0.1) is 0 Å². The maximum Gasteiger partial charge on any atom is 1.00 e. The van der Waals surface area contributed by atoms with Crippen molar-refractivity contribution >= 4 is 6.47 Å². The van der Waals surface area contributed by atoms with Gasteiger partial charge >= 0.3 is 18.9 Å². The van der Waals surface area contributed by atoms with Gasteiger partial charge in [0.25, 0.3) is 6.47 Å². The largest absolute Gasteiger partial charge is 1.00 e. The third-order valence-electron chi connectivity index (χ3n) is 0. The molecule has 0 aliphatic rings. The van der Waals surface area contributed by atoms with Crippen molar-refractivity contribution in [2.45, 2.75) is 0 Å². The van der Waals surface area contributed by atoms with Crippen LogP contribution in [0.15, 0.2) is 0 Å². The van der Waals surface area contributed by atoms with Gasteiger partial charge in [-0.3, -0.25) is 4.79 Å². The van der Waals surface area contributed by atoms with Crippen molar-refractivity contribution in [1.82, 2.24) is 0 Å². The van der Waals surface area contributed by atoms with Crippen LogP contribution in [0, 0.1) is 0 Å². The fourth-order valence-electron chi connectivity index (χ4n) is 0. The molecule has 3 heteroatoms. The molecule has 2 nitrogen and oxygen atoms in total. The molecule has 0 radical (unpaired) electrons. The van der Waals surface area contributed by atoms with E-state index in [0.717, 1.165) is 0 Å². The predicted octanol–water partition coefficient (Wildman–Crippen LogP) is -3.18. The van der Waals surface area contributed by atoms with Crippen LogP contribution in [-0.4, -0.2) is 11.6 Å². The van der Waals surface area contributed by atoms with Crippen LogP contribution >= 0.6 is 0 Å². The molecule has 0 fully saturated rings. The Morgan fingerprint density at radius 1 is 2.00 bits per heavy atom. The second-order valence-corrected chi connectivity index (χ2v) is 0.105. The summed E-state index contributed by atoms with van der Waals surface area (Å²) >= 11 is 0. The van der Waals surface area contributed by atoms with Gasteiger partial charge in [0.1, 0.15) is 0 Å². The van der Waals surface area contributed by atoms with E-state index in [2.05, 4.69) is 0 Å². The van der Waals surface area contributed by atoms with Gasteiger partial charge in [-0.1, -0.05) is 0 Å². The molecule has 0 aromatic heterocycles. The molecule has 0 atom stereocenters. The molecule has 0 aromatic rings. The second kappa shape index (κ2) is 11.5. The number of carbonyl (C=O) groups is 1. The Bertz CT molecular complexity index is 17.1. The number of carboxylic acid groups (broad SMARTS) is 1. The van der Waals surface area contributed by atoms with Gasteiger partial charge in [0, 0.05) is 0 Å². The summed E-state index contributed by atoms with van der Waals surface area (Å²) in [5.74, 6) is 0. The van der Waals surface area contributed by atoms with Crippen LogP contribution in [0.4, 0.5) is 0 Å². The predicted molar refractivity (Wildman–Crippen MR) is 9.80 cm³/mol. The molecule has 1 N–H and O–H groups in total. The molecule has 0 aliphatic carbocycles. The van der Waals surface area contributed by atoms with Crippen molar-refractivity contribution in [1.29, 1.82) is 0 Å². The van der Waals surface area contributed by atoms with E-state index in [4.69, 9.17) is 9.90 Å². The van der Waals surface area contributed by atoms with Crippen LogP contribution in [0.5, 0.6) is 0 Å². The fraction of sp³-hybridized carbons (Fsp3) is 0. The van der Waals surface area contributed by atoms with E-state index in [-0.39, 0.29) is 26.8 Å². The Balaban J connectivity index is -0.0000000200.